The fraction of sp³-hybridized carbons (Fsp3) is 0. The minimum absolute atomic E-state index is 0. The van der Waals surface area contributed by atoms with E-state index >= 15 is 0 Å². The molecule has 0 fully saturated rings. The molecule has 0 bridgehead atoms. The van der Waals surface area contributed by atoms with Crippen LogP contribution in [0.25, 0.3) is 0 Å². The summed E-state index contributed by atoms with van der Waals surface area (Å²) in [6.45, 7) is 0. The fourth-order valence-corrected chi connectivity index (χ4v) is 0. The van der Waals surface area contributed by atoms with E-state index in [9.17, 15) is 0 Å². The van der Waals surface area contributed by atoms with E-state index in [1.807, 2.05) is 0 Å². The molecule has 20 valence electrons. The van der Waals surface area contributed by atoms with Crippen LogP contribution in [-0.2, 0) is 31.8 Å². The standard InChI is InChI=1S/Ba.H2O.O.Y.2H/h;1H2;;;;/q+2;;;+1;2*-1/p-1. The van der Waals surface area contributed by atoms with Gasteiger partial charge in [-0.3, -0.25) is 0 Å². The first-order valence-corrected chi connectivity index (χ1v) is 2.92. The fourth-order valence-electron chi connectivity index (χ4n) is 0. The van der Waals surface area contributed by atoms with Crippen molar-refractivity contribution in [3.05, 3.63) is 0 Å². The maximum atomic E-state index is 8.68. The molecule has 1 N–H and O–H groups in total. The molecule has 0 atom stereocenters. The second-order valence-corrected chi connectivity index (χ2v) is 0.624. The van der Waals surface area contributed by atoms with E-state index in [4.69, 9.17) is 4.47 Å². The summed E-state index contributed by atoms with van der Waals surface area (Å²) in [5.74, 6) is 0. The third-order valence-corrected chi connectivity index (χ3v) is 0. The van der Waals surface area contributed by atoms with E-state index in [0.29, 0.717) is 0 Å². The topological polar surface area (TPSA) is 37.3 Å². The third kappa shape index (κ3) is 8.83. The molecule has 0 heterocycles. The molecule has 0 spiro atoms. The number of rotatable bonds is 0. The molecule has 0 rings (SSSR count). The molecule has 0 aromatic heterocycles. The molecular weight excluding hydrogens is 258 g/mol. The van der Waals surface area contributed by atoms with Crippen molar-refractivity contribution >= 4 is 48.9 Å². The molecule has 0 aliphatic rings. The Hall–Kier alpha value is 2.44. The summed E-state index contributed by atoms with van der Waals surface area (Å²) < 4.78 is 15.9. The molecule has 0 saturated heterocycles. The predicted molar refractivity (Wildman–Crippen MR) is 10.9 cm³/mol. The van der Waals surface area contributed by atoms with Crippen molar-refractivity contribution < 1.29 is 37.1 Å². The molecule has 0 radical (unpaired) electrons. The quantitative estimate of drug-likeness (QED) is 0.578. The normalized spacial score (nSPS) is 2.25. The summed E-state index contributed by atoms with van der Waals surface area (Å²) in [6, 6.07) is 0. The van der Waals surface area contributed by atoms with E-state index < -0.39 is 29.8 Å². The molecular formula is H3BaO2Y. The molecule has 0 aliphatic carbocycles. The molecule has 0 aromatic carbocycles. The zero-order chi connectivity index (χ0) is 2.71. The van der Waals surface area contributed by atoms with Crippen LogP contribution in [0.5, 0.6) is 0 Å². The Morgan fingerprint density at radius 1 is 2.00 bits per heavy atom. The van der Waals surface area contributed by atoms with Gasteiger partial charge in [0.25, 0.3) is 0 Å². The van der Waals surface area contributed by atoms with Gasteiger partial charge in [-0.2, -0.15) is 0 Å². The van der Waals surface area contributed by atoms with Crippen molar-refractivity contribution in [2.45, 2.75) is 0 Å². The molecule has 2 nitrogen and oxygen atoms in total. The SMILES string of the molecule is [Ba+2].[H-].[H-].[O]=[Y][OH]. The maximum absolute atomic E-state index is 8.68. The van der Waals surface area contributed by atoms with Crippen LogP contribution < -0.4 is 0 Å². The van der Waals surface area contributed by atoms with Crippen LogP contribution in [0.15, 0.2) is 0 Å². The molecule has 0 saturated carbocycles. The summed E-state index contributed by atoms with van der Waals surface area (Å²) >= 11 is -2.14. The second kappa shape index (κ2) is 9.06. The predicted octanol–water partition coefficient (Wildman–Crippen LogP) is -0.834. The van der Waals surface area contributed by atoms with Crippen LogP contribution in [0.1, 0.15) is 2.85 Å². The van der Waals surface area contributed by atoms with Gasteiger partial charge < -0.3 is 2.85 Å². The van der Waals surface area contributed by atoms with Gasteiger partial charge in [0.2, 0.25) is 0 Å². The zero-order valence-electron chi connectivity index (χ0n) is 4.14. The number of hydrogen-bond acceptors (Lipinski definition) is 1. The van der Waals surface area contributed by atoms with Gasteiger partial charge >= 0.3 is 83.1 Å². The van der Waals surface area contributed by atoms with Gasteiger partial charge in [-0.1, -0.05) is 0 Å². The van der Waals surface area contributed by atoms with E-state index in [-0.39, 0.29) is 51.7 Å². The van der Waals surface area contributed by atoms with E-state index in [0.717, 1.165) is 0 Å². The van der Waals surface area contributed by atoms with Crippen molar-refractivity contribution in [2.75, 3.05) is 0 Å². The van der Waals surface area contributed by atoms with Crippen molar-refractivity contribution in [3.63, 3.8) is 0 Å². The van der Waals surface area contributed by atoms with Crippen molar-refractivity contribution in [3.8, 4) is 0 Å². The minimum atomic E-state index is -2.14. The Labute approximate surface area is 83.8 Å². The first kappa shape index (κ1) is 9.66. The molecule has 0 aromatic rings. The van der Waals surface area contributed by atoms with E-state index in [1.165, 1.54) is 0 Å². The van der Waals surface area contributed by atoms with Crippen LogP contribution >= 0.6 is 0 Å². The van der Waals surface area contributed by atoms with Crippen molar-refractivity contribution in [1.82, 2.24) is 0 Å². The third-order valence-electron chi connectivity index (χ3n) is 0. The van der Waals surface area contributed by atoms with Gasteiger partial charge in [0, 0.05) is 0 Å². The molecule has 0 aliphatic heterocycles. The van der Waals surface area contributed by atoms with Crippen LogP contribution in [0.3, 0.4) is 0 Å². The van der Waals surface area contributed by atoms with Gasteiger partial charge in [0.05, 0.1) is 0 Å². The van der Waals surface area contributed by atoms with Gasteiger partial charge in [0.15, 0.2) is 0 Å². The van der Waals surface area contributed by atoms with Crippen molar-refractivity contribution in [1.29, 1.82) is 0 Å². The summed E-state index contributed by atoms with van der Waals surface area (Å²) in [6.07, 6.45) is 0. The summed E-state index contributed by atoms with van der Waals surface area (Å²) in [5.41, 5.74) is 0. The average Bonchev–Trinajstić information content (AvgIpc) is 0.918. The van der Waals surface area contributed by atoms with Gasteiger partial charge in [0.1, 0.15) is 0 Å². The van der Waals surface area contributed by atoms with Crippen LogP contribution in [0.4, 0.5) is 0 Å². The Balaban J connectivity index is -0.00000000667. The first-order chi connectivity index (χ1) is 1.41. The number of hydrogen-bond donors (Lipinski definition) is 1. The van der Waals surface area contributed by atoms with E-state index in [1.54, 1.807) is 0 Å². The van der Waals surface area contributed by atoms with Gasteiger partial charge in [-0.15, -0.1) is 0 Å². The van der Waals surface area contributed by atoms with E-state index in [2.05, 4.69) is 0 Å². The van der Waals surface area contributed by atoms with Crippen molar-refractivity contribution in [2.24, 2.45) is 0 Å². The molecule has 4 heavy (non-hydrogen) atoms. The van der Waals surface area contributed by atoms with Crippen LogP contribution in [0.2, 0.25) is 0 Å². The Morgan fingerprint density at radius 3 is 2.00 bits per heavy atom. The Bertz CT molecular complexity index is 19.0. The summed E-state index contributed by atoms with van der Waals surface area (Å²) in [7, 11) is 0. The monoisotopic (exact) mass is 262 g/mol. The summed E-state index contributed by atoms with van der Waals surface area (Å²) in [4.78, 5) is 0. The molecule has 4 heteroatoms. The zero-order valence-corrected chi connectivity index (χ0v) is 9.42. The van der Waals surface area contributed by atoms with Gasteiger partial charge in [-0.25, -0.2) is 0 Å². The molecule has 0 unspecified atom stereocenters. The van der Waals surface area contributed by atoms with Crippen LogP contribution in [0, 0.1) is 0 Å². The molecule has 0 amide bonds. The average molecular weight is 261 g/mol. The van der Waals surface area contributed by atoms with Gasteiger partial charge in [-0.05, 0) is 0 Å². The Kier molecular flexibility index (Phi) is 21.9. The summed E-state index contributed by atoms with van der Waals surface area (Å²) in [5, 5.41) is 0. The van der Waals surface area contributed by atoms with Crippen LogP contribution in [-0.4, -0.2) is 51.3 Å². The first-order valence-electron chi connectivity index (χ1n) is 0.494. The Morgan fingerprint density at radius 2 is 2.00 bits per heavy atom. The second-order valence-electron chi connectivity index (χ2n) is 0.105.